The number of halogens is 1. The van der Waals surface area contributed by atoms with Gasteiger partial charge in [0.05, 0.1) is 12.8 Å². The summed E-state index contributed by atoms with van der Waals surface area (Å²) in [7, 11) is 1.49. The van der Waals surface area contributed by atoms with Crippen LogP contribution >= 0.6 is 0 Å². The van der Waals surface area contributed by atoms with E-state index in [1.165, 1.54) is 13.2 Å². The third-order valence-corrected chi connectivity index (χ3v) is 2.42. The second kappa shape index (κ2) is 4.37. The fourth-order valence-electron chi connectivity index (χ4n) is 1.54. The van der Waals surface area contributed by atoms with Crippen molar-refractivity contribution in [2.45, 2.75) is 6.92 Å². The Hall–Kier alpha value is -2.17. The van der Waals surface area contributed by atoms with Crippen LogP contribution in [0.25, 0.3) is 11.3 Å². The minimum absolute atomic E-state index is 0.126. The number of aromatic nitrogens is 2. The van der Waals surface area contributed by atoms with Crippen molar-refractivity contribution in [1.29, 1.82) is 0 Å². The van der Waals surface area contributed by atoms with Gasteiger partial charge in [0.2, 0.25) is 5.95 Å². The number of ether oxygens (including phenoxy) is 1. The van der Waals surface area contributed by atoms with E-state index in [1.54, 1.807) is 25.3 Å². The molecule has 5 heteroatoms. The number of hydrogen-bond donors (Lipinski definition) is 1. The Morgan fingerprint density at radius 2 is 2.12 bits per heavy atom. The van der Waals surface area contributed by atoms with Gasteiger partial charge in [0.1, 0.15) is 11.6 Å². The Kier molecular flexibility index (Phi) is 2.91. The normalized spacial score (nSPS) is 10.3. The monoisotopic (exact) mass is 233 g/mol. The van der Waals surface area contributed by atoms with Crippen molar-refractivity contribution in [3.63, 3.8) is 0 Å². The first kappa shape index (κ1) is 11.3. The van der Waals surface area contributed by atoms with Crippen LogP contribution in [0.1, 0.15) is 5.56 Å². The Morgan fingerprint density at radius 1 is 1.35 bits per heavy atom. The Bertz CT molecular complexity index is 557. The van der Waals surface area contributed by atoms with Crippen LogP contribution in [0.3, 0.4) is 0 Å². The molecule has 1 aromatic heterocycles. The molecule has 1 aromatic carbocycles. The van der Waals surface area contributed by atoms with E-state index in [-0.39, 0.29) is 5.95 Å². The second-order valence-corrected chi connectivity index (χ2v) is 3.61. The zero-order valence-electron chi connectivity index (χ0n) is 9.57. The molecule has 4 nitrogen and oxygen atoms in total. The first-order chi connectivity index (χ1) is 8.11. The highest BCUT2D eigenvalue weighted by Gasteiger charge is 2.11. The zero-order chi connectivity index (χ0) is 12.4. The van der Waals surface area contributed by atoms with Crippen LogP contribution in [-0.2, 0) is 0 Å². The minimum atomic E-state index is -0.398. The molecule has 0 saturated heterocycles. The fraction of sp³-hybridized carbons (Fsp3) is 0.167. The molecule has 1 heterocycles. The van der Waals surface area contributed by atoms with Crippen LogP contribution in [0.2, 0.25) is 0 Å². The van der Waals surface area contributed by atoms with Crippen molar-refractivity contribution in [3.8, 4) is 17.0 Å². The largest absolute Gasteiger partial charge is 0.497 e. The summed E-state index contributed by atoms with van der Waals surface area (Å²) >= 11 is 0. The summed E-state index contributed by atoms with van der Waals surface area (Å²) in [5, 5.41) is 0. The van der Waals surface area contributed by atoms with Crippen LogP contribution in [0, 0.1) is 12.7 Å². The molecule has 0 bridgehead atoms. The molecule has 0 saturated carbocycles. The molecule has 0 aliphatic heterocycles. The Morgan fingerprint density at radius 3 is 2.76 bits per heavy atom. The first-order valence-corrected chi connectivity index (χ1v) is 5.05. The summed E-state index contributed by atoms with van der Waals surface area (Å²) in [5.41, 5.74) is 7.15. The fourth-order valence-corrected chi connectivity index (χ4v) is 1.54. The van der Waals surface area contributed by atoms with Gasteiger partial charge in [-0.3, -0.25) is 0 Å². The van der Waals surface area contributed by atoms with E-state index < -0.39 is 5.82 Å². The van der Waals surface area contributed by atoms with E-state index >= 15 is 0 Å². The van der Waals surface area contributed by atoms with Crippen LogP contribution in [0.4, 0.5) is 10.3 Å². The van der Waals surface area contributed by atoms with Crippen LogP contribution in [0.15, 0.2) is 24.4 Å². The van der Waals surface area contributed by atoms with Crippen molar-refractivity contribution in [2.75, 3.05) is 12.8 Å². The van der Waals surface area contributed by atoms with Crippen molar-refractivity contribution < 1.29 is 9.13 Å². The molecule has 0 fully saturated rings. The maximum absolute atomic E-state index is 13.9. The first-order valence-electron chi connectivity index (χ1n) is 5.05. The van der Waals surface area contributed by atoms with Crippen molar-refractivity contribution in [1.82, 2.24) is 9.97 Å². The molecular weight excluding hydrogens is 221 g/mol. The highest BCUT2D eigenvalue weighted by Crippen LogP contribution is 2.27. The number of nitrogens with two attached hydrogens (primary N) is 1. The lowest BCUT2D eigenvalue weighted by Crippen LogP contribution is -1.99. The molecular formula is C12H12FN3O. The quantitative estimate of drug-likeness (QED) is 0.863. The molecule has 0 atom stereocenters. The minimum Gasteiger partial charge on any atom is -0.497 e. The predicted octanol–water partition coefficient (Wildman–Crippen LogP) is 2.18. The molecule has 0 aliphatic carbocycles. The molecule has 0 unspecified atom stereocenters. The summed E-state index contributed by atoms with van der Waals surface area (Å²) < 4.78 is 18.8. The zero-order valence-corrected chi connectivity index (χ0v) is 9.57. The molecule has 17 heavy (non-hydrogen) atoms. The highest BCUT2D eigenvalue weighted by molar-refractivity contribution is 5.65. The standard InChI is InChI=1S/C12H12FN3O/c1-7-6-15-12(14)16-11(7)9-4-3-8(17-2)5-10(9)13/h3-6H,1-2H3,(H2,14,15,16). The number of nitrogen functional groups attached to an aromatic ring is 1. The molecule has 88 valence electrons. The molecule has 0 spiro atoms. The summed E-state index contributed by atoms with van der Waals surface area (Å²) in [6.07, 6.45) is 1.57. The number of aryl methyl sites for hydroxylation is 1. The van der Waals surface area contributed by atoms with E-state index in [9.17, 15) is 4.39 Å². The number of benzene rings is 1. The maximum atomic E-state index is 13.9. The lowest BCUT2D eigenvalue weighted by molar-refractivity contribution is 0.411. The van der Waals surface area contributed by atoms with Crippen molar-refractivity contribution in [3.05, 3.63) is 35.8 Å². The number of methoxy groups -OCH3 is 1. The van der Waals surface area contributed by atoms with Gasteiger partial charge in [0.25, 0.3) is 0 Å². The van der Waals surface area contributed by atoms with Gasteiger partial charge in [-0.2, -0.15) is 0 Å². The summed E-state index contributed by atoms with van der Waals surface area (Å²) in [4.78, 5) is 7.89. The molecule has 2 N–H and O–H groups in total. The topological polar surface area (TPSA) is 61.0 Å². The van der Waals surface area contributed by atoms with Crippen LogP contribution in [0.5, 0.6) is 5.75 Å². The average Bonchev–Trinajstić information content (AvgIpc) is 2.32. The smallest absolute Gasteiger partial charge is 0.220 e. The predicted molar refractivity (Wildman–Crippen MR) is 63.1 cm³/mol. The Labute approximate surface area is 98.3 Å². The van der Waals surface area contributed by atoms with Gasteiger partial charge >= 0.3 is 0 Å². The number of rotatable bonds is 2. The Balaban J connectivity index is 2.56. The van der Waals surface area contributed by atoms with Crippen molar-refractivity contribution in [2.24, 2.45) is 0 Å². The van der Waals surface area contributed by atoms with Crippen molar-refractivity contribution >= 4 is 5.95 Å². The third-order valence-electron chi connectivity index (χ3n) is 2.42. The van der Waals surface area contributed by atoms with E-state index in [4.69, 9.17) is 10.5 Å². The van der Waals surface area contributed by atoms with Gasteiger partial charge in [0, 0.05) is 17.8 Å². The molecule has 0 aliphatic rings. The van der Waals surface area contributed by atoms with Gasteiger partial charge in [-0.15, -0.1) is 0 Å². The van der Waals surface area contributed by atoms with Crippen LogP contribution in [-0.4, -0.2) is 17.1 Å². The summed E-state index contributed by atoms with van der Waals surface area (Å²) in [6.45, 7) is 1.80. The van der Waals surface area contributed by atoms with E-state index in [1.807, 2.05) is 0 Å². The highest BCUT2D eigenvalue weighted by atomic mass is 19.1. The van der Waals surface area contributed by atoms with E-state index in [0.29, 0.717) is 17.0 Å². The molecule has 2 aromatic rings. The second-order valence-electron chi connectivity index (χ2n) is 3.61. The number of nitrogens with zero attached hydrogens (tertiary/aromatic N) is 2. The lowest BCUT2D eigenvalue weighted by Gasteiger charge is -2.08. The molecule has 0 amide bonds. The number of hydrogen-bond acceptors (Lipinski definition) is 4. The average molecular weight is 233 g/mol. The molecule has 2 rings (SSSR count). The lowest BCUT2D eigenvalue weighted by atomic mass is 10.1. The maximum Gasteiger partial charge on any atom is 0.220 e. The third kappa shape index (κ3) is 2.18. The van der Waals surface area contributed by atoms with Gasteiger partial charge in [-0.1, -0.05) is 0 Å². The number of anilines is 1. The summed E-state index contributed by atoms with van der Waals surface area (Å²) in [5.74, 6) is 0.192. The van der Waals surface area contributed by atoms with E-state index in [0.717, 1.165) is 5.56 Å². The van der Waals surface area contributed by atoms with Gasteiger partial charge < -0.3 is 10.5 Å². The van der Waals surface area contributed by atoms with Gasteiger partial charge in [-0.25, -0.2) is 14.4 Å². The SMILES string of the molecule is COc1ccc(-c2nc(N)ncc2C)c(F)c1. The summed E-state index contributed by atoms with van der Waals surface area (Å²) in [6, 6.07) is 4.60. The van der Waals surface area contributed by atoms with Gasteiger partial charge in [0.15, 0.2) is 0 Å². The van der Waals surface area contributed by atoms with Gasteiger partial charge in [-0.05, 0) is 24.6 Å². The van der Waals surface area contributed by atoms with Crippen LogP contribution < -0.4 is 10.5 Å². The van der Waals surface area contributed by atoms with E-state index in [2.05, 4.69) is 9.97 Å². The molecule has 0 radical (unpaired) electrons.